The van der Waals surface area contributed by atoms with E-state index in [-0.39, 0.29) is 11.5 Å². The van der Waals surface area contributed by atoms with Gasteiger partial charge in [-0.05, 0) is 18.6 Å². The molecule has 0 aromatic carbocycles. The van der Waals surface area contributed by atoms with Crippen molar-refractivity contribution in [1.29, 1.82) is 0 Å². The van der Waals surface area contributed by atoms with Crippen LogP contribution in [0.5, 0.6) is 0 Å². The molecule has 15 heavy (non-hydrogen) atoms. The first-order valence-electron chi connectivity index (χ1n) is 4.44. The van der Waals surface area contributed by atoms with Crippen molar-refractivity contribution >= 4 is 12.0 Å². The molecule has 0 amide bonds. The van der Waals surface area contributed by atoms with E-state index in [0.29, 0.717) is 6.29 Å². The molecular formula is C12H15NO2. The maximum Gasteiger partial charge on any atom is 0.171 e. The highest BCUT2D eigenvalue weighted by Crippen LogP contribution is 2.01. The van der Waals surface area contributed by atoms with E-state index in [1.807, 2.05) is 6.92 Å². The van der Waals surface area contributed by atoms with Crippen LogP contribution in [0.3, 0.4) is 0 Å². The second kappa shape index (κ2) is 7.50. The standard InChI is InChI=1S/C12H15NO2/c1-4-5-6-7-10(2)8-12(15)11(9-14)13-3/h4-9,15H,1H2,2-3H3/b6-5-,10-7+,12-8+,13-11?. The Labute approximate surface area is 89.8 Å². The van der Waals surface area contributed by atoms with Crippen LogP contribution in [0.4, 0.5) is 0 Å². The molecule has 0 saturated heterocycles. The summed E-state index contributed by atoms with van der Waals surface area (Å²) in [5.41, 5.74) is 0.851. The lowest BCUT2D eigenvalue weighted by Crippen LogP contribution is -2.03. The van der Waals surface area contributed by atoms with E-state index in [0.717, 1.165) is 5.57 Å². The average molecular weight is 205 g/mol. The molecule has 0 aromatic heterocycles. The number of aliphatic imine (C=N–C) groups is 1. The van der Waals surface area contributed by atoms with Crippen LogP contribution in [-0.4, -0.2) is 24.2 Å². The number of aliphatic hydroxyl groups is 1. The molecule has 0 unspecified atom stereocenters. The maximum atomic E-state index is 10.4. The summed E-state index contributed by atoms with van der Waals surface area (Å²) < 4.78 is 0. The van der Waals surface area contributed by atoms with Gasteiger partial charge < -0.3 is 5.11 Å². The van der Waals surface area contributed by atoms with Crippen molar-refractivity contribution in [2.24, 2.45) is 4.99 Å². The van der Waals surface area contributed by atoms with E-state index in [4.69, 9.17) is 0 Å². The highest BCUT2D eigenvalue weighted by Gasteiger charge is 2.01. The average Bonchev–Trinajstić information content (AvgIpc) is 2.20. The Morgan fingerprint density at radius 3 is 2.53 bits per heavy atom. The van der Waals surface area contributed by atoms with Crippen LogP contribution in [0.2, 0.25) is 0 Å². The van der Waals surface area contributed by atoms with Crippen LogP contribution in [0.1, 0.15) is 6.92 Å². The smallest absolute Gasteiger partial charge is 0.171 e. The number of carbonyl (C=O) groups is 1. The lowest BCUT2D eigenvalue weighted by Gasteiger charge is -1.96. The maximum absolute atomic E-state index is 10.4. The molecule has 0 rings (SSSR count). The molecule has 0 fully saturated rings. The van der Waals surface area contributed by atoms with E-state index in [2.05, 4.69) is 11.6 Å². The van der Waals surface area contributed by atoms with Gasteiger partial charge in [0.15, 0.2) is 6.29 Å². The zero-order chi connectivity index (χ0) is 11.7. The van der Waals surface area contributed by atoms with Crippen molar-refractivity contribution in [2.45, 2.75) is 6.92 Å². The third-order valence-corrected chi connectivity index (χ3v) is 1.59. The zero-order valence-corrected chi connectivity index (χ0v) is 8.97. The van der Waals surface area contributed by atoms with Gasteiger partial charge in [0.1, 0.15) is 11.5 Å². The minimum absolute atomic E-state index is 0.0375. The van der Waals surface area contributed by atoms with Crippen LogP contribution in [0.25, 0.3) is 0 Å². The monoisotopic (exact) mass is 205 g/mol. The van der Waals surface area contributed by atoms with Crippen LogP contribution >= 0.6 is 0 Å². The number of hydrogen-bond acceptors (Lipinski definition) is 3. The van der Waals surface area contributed by atoms with Gasteiger partial charge >= 0.3 is 0 Å². The van der Waals surface area contributed by atoms with Crippen molar-refractivity contribution in [1.82, 2.24) is 0 Å². The fourth-order valence-corrected chi connectivity index (χ4v) is 0.851. The molecule has 0 aliphatic heterocycles. The van der Waals surface area contributed by atoms with Crippen LogP contribution in [0.15, 0.2) is 53.3 Å². The van der Waals surface area contributed by atoms with Gasteiger partial charge in [-0.3, -0.25) is 9.79 Å². The number of allylic oxidation sites excluding steroid dienone is 7. The predicted octanol–water partition coefficient (Wildman–Crippen LogP) is 2.39. The molecular weight excluding hydrogens is 190 g/mol. The summed E-state index contributed by atoms with van der Waals surface area (Å²) in [6.45, 7) is 5.33. The lowest BCUT2D eigenvalue weighted by molar-refractivity contribution is -0.102. The van der Waals surface area contributed by atoms with Gasteiger partial charge in [0.2, 0.25) is 0 Å². The largest absolute Gasteiger partial charge is 0.506 e. The summed E-state index contributed by atoms with van der Waals surface area (Å²) in [6, 6.07) is 0. The van der Waals surface area contributed by atoms with E-state index >= 15 is 0 Å². The van der Waals surface area contributed by atoms with Crippen molar-refractivity contribution < 1.29 is 9.90 Å². The number of nitrogens with zero attached hydrogens (tertiary/aromatic N) is 1. The van der Waals surface area contributed by atoms with Crippen LogP contribution in [-0.2, 0) is 4.79 Å². The zero-order valence-electron chi connectivity index (χ0n) is 8.97. The van der Waals surface area contributed by atoms with Gasteiger partial charge in [-0.2, -0.15) is 0 Å². The van der Waals surface area contributed by atoms with Crippen molar-refractivity contribution in [3.8, 4) is 0 Å². The Morgan fingerprint density at radius 1 is 1.40 bits per heavy atom. The summed E-state index contributed by atoms with van der Waals surface area (Å²) in [6.07, 6.45) is 8.98. The minimum atomic E-state index is -0.131. The van der Waals surface area contributed by atoms with Gasteiger partial charge in [-0.25, -0.2) is 0 Å². The minimum Gasteiger partial charge on any atom is -0.506 e. The van der Waals surface area contributed by atoms with E-state index < -0.39 is 0 Å². The molecule has 3 heteroatoms. The van der Waals surface area contributed by atoms with E-state index in [1.54, 1.807) is 24.3 Å². The SMILES string of the molecule is C=C\C=C/C=C(C)/C=C(/O)C(C=O)=NC. The Morgan fingerprint density at radius 2 is 2.07 bits per heavy atom. The number of carbonyl (C=O) groups excluding carboxylic acids is 1. The molecule has 80 valence electrons. The summed E-state index contributed by atoms with van der Waals surface area (Å²) >= 11 is 0. The van der Waals surface area contributed by atoms with Crippen LogP contribution < -0.4 is 0 Å². The highest BCUT2D eigenvalue weighted by molar-refractivity contribution is 6.35. The second-order valence-corrected chi connectivity index (χ2v) is 2.79. The molecule has 1 N–H and O–H groups in total. The topological polar surface area (TPSA) is 49.7 Å². The molecule has 0 bridgehead atoms. The first kappa shape index (κ1) is 13.1. The molecule has 0 saturated carbocycles. The van der Waals surface area contributed by atoms with Crippen molar-refractivity contribution in [2.75, 3.05) is 7.05 Å². The molecule has 0 spiro atoms. The second-order valence-electron chi connectivity index (χ2n) is 2.79. The quantitative estimate of drug-likeness (QED) is 0.324. The van der Waals surface area contributed by atoms with Gasteiger partial charge in [0, 0.05) is 7.05 Å². The molecule has 0 aliphatic rings. The molecule has 0 aliphatic carbocycles. The van der Waals surface area contributed by atoms with E-state index in [9.17, 15) is 9.90 Å². The molecule has 0 heterocycles. The van der Waals surface area contributed by atoms with Gasteiger partial charge in [-0.15, -0.1) is 0 Å². The molecule has 0 aromatic rings. The van der Waals surface area contributed by atoms with Gasteiger partial charge in [0.05, 0.1) is 0 Å². The molecule has 0 atom stereocenters. The Bertz CT molecular complexity index is 347. The van der Waals surface area contributed by atoms with Crippen LogP contribution in [0, 0.1) is 0 Å². The highest BCUT2D eigenvalue weighted by atomic mass is 16.3. The molecule has 0 radical (unpaired) electrons. The summed E-state index contributed by atoms with van der Waals surface area (Å²) in [5, 5.41) is 9.45. The van der Waals surface area contributed by atoms with E-state index in [1.165, 1.54) is 13.1 Å². The Kier molecular flexibility index (Phi) is 6.55. The van der Waals surface area contributed by atoms with Crippen molar-refractivity contribution in [3.05, 3.63) is 48.3 Å². The third-order valence-electron chi connectivity index (χ3n) is 1.59. The summed E-state index contributed by atoms with van der Waals surface area (Å²) in [5.74, 6) is -0.131. The summed E-state index contributed by atoms with van der Waals surface area (Å²) in [7, 11) is 1.45. The third kappa shape index (κ3) is 5.41. The fraction of sp³-hybridized carbons (Fsp3) is 0.167. The lowest BCUT2D eigenvalue weighted by atomic mass is 10.2. The molecule has 3 nitrogen and oxygen atoms in total. The normalized spacial score (nSPS) is 14.4. The number of rotatable bonds is 5. The number of hydrogen-bond donors (Lipinski definition) is 1. The summed E-state index contributed by atoms with van der Waals surface area (Å²) in [4.78, 5) is 14.1. The number of aldehydes is 1. The van der Waals surface area contributed by atoms with Crippen molar-refractivity contribution in [3.63, 3.8) is 0 Å². The first-order valence-corrected chi connectivity index (χ1v) is 4.44. The van der Waals surface area contributed by atoms with Gasteiger partial charge in [0.25, 0.3) is 0 Å². The van der Waals surface area contributed by atoms with Gasteiger partial charge in [-0.1, -0.05) is 30.9 Å². The fourth-order valence-electron chi connectivity index (χ4n) is 0.851. The predicted molar refractivity (Wildman–Crippen MR) is 63.2 cm³/mol. The Balaban J connectivity index is 4.74. The first-order chi connectivity index (χ1) is 7.15. The Hall–Kier alpha value is -1.90. The number of aliphatic hydroxyl groups excluding tert-OH is 1.